The van der Waals surface area contributed by atoms with Crippen molar-refractivity contribution in [1.82, 2.24) is 10.3 Å². The van der Waals surface area contributed by atoms with Crippen LogP contribution in [0.4, 0.5) is 11.5 Å². The Morgan fingerprint density at radius 2 is 2.17 bits per heavy atom. The summed E-state index contributed by atoms with van der Waals surface area (Å²) in [6, 6.07) is 9.21. The van der Waals surface area contributed by atoms with Gasteiger partial charge in [-0.3, -0.25) is 9.59 Å². The second-order valence-corrected chi connectivity index (χ2v) is 6.76. The van der Waals surface area contributed by atoms with E-state index < -0.39 is 0 Å². The van der Waals surface area contributed by atoms with Crippen molar-refractivity contribution >= 4 is 45.9 Å². The van der Waals surface area contributed by atoms with E-state index in [9.17, 15) is 9.59 Å². The third-order valence-corrected chi connectivity index (χ3v) is 5.00. The molecular weight excluding hydrogens is 419 g/mol. The van der Waals surface area contributed by atoms with E-state index in [1.54, 1.807) is 18.3 Å². The second-order valence-electron chi connectivity index (χ2n) is 5.59. The first-order valence-electron chi connectivity index (χ1n) is 7.58. The number of nitrogens with one attached hydrogen (secondary N) is 2. The third-order valence-electron chi connectivity index (χ3n) is 3.79. The predicted molar refractivity (Wildman–Crippen MR) is 101 cm³/mol. The van der Waals surface area contributed by atoms with Crippen LogP contribution in [0.3, 0.4) is 0 Å². The molecular formula is C17H17IN4O2. The maximum Gasteiger partial charge on any atom is 0.255 e. The van der Waals surface area contributed by atoms with Crippen LogP contribution in [0.15, 0.2) is 36.5 Å². The van der Waals surface area contributed by atoms with Crippen molar-refractivity contribution in [2.75, 3.05) is 29.9 Å². The smallest absolute Gasteiger partial charge is 0.255 e. The van der Waals surface area contributed by atoms with Gasteiger partial charge in [0.2, 0.25) is 5.91 Å². The van der Waals surface area contributed by atoms with E-state index in [0.717, 1.165) is 21.5 Å². The van der Waals surface area contributed by atoms with Crippen LogP contribution < -0.4 is 15.5 Å². The number of rotatable bonds is 3. The largest absolute Gasteiger partial charge is 0.353 e. The van der Waals surface area contributed by atoms with Crippen LogP contribution in [0.1, 0.15) is 15.9 Å². The summed E-state index contributed by atoms with van der Waals surface area (Å²) < 4.78 is 1.13. The number of aromatic nitrogens is 1. The van der Waals surface area contributed by atoms with Crippen molar-refractivity contribution in [3.8, 4) is 0 Å². The van der Waals surface area contributed by atoms with Crippen LogP contribution in [-0.2, 0) is 4.79 Å². The van der Waals surface area contributed by atoms with Gasteiger partial charge in [0, 0.05) is 22.2 Å². The fourth-order valence-corrected chi connectivity index (χ4v) is 2.81. The summed E-state index contributed by atoms with van der Waals surface area (Å²) >= 11 is 2.24. The number of carbonyl (C=O) groups excluding carboxylic acids is 2. The molecule has 1 aromatic heterocycles. The van der Waals surface area contributed by atoms with E-state index in [-0.39, 0.29) is 11.8 Å². The second kappa shape index (κ2) is 7.16. The van der Waals surface area contributed by atoms with E-state index in [4.69, 9.17) is 0 Å². The number of amides is 2. The molecule has 0 saturated carbocycles. The molecule has 0 radical (unpaired) electrons. The molecule has 24 heavy (non-hydrogen) atoms. The van der Waals surface area contributed by atoms with Crippen LogP contribution in [0.5, 0.6) is 0 Å². The van der Waals surface area contributed by atoms with Crippen molar-refractivity contribution in [2.45, 2.75) is 6.92 Å². The number of nitrogens with zero attached hydrogens (tertiary/aromatic N) is 2. The van der Waals surface area contributed by atoms with E-state index in [0.29, 0.717) is 24.3 Å². The minimum absolute atomic E-state index is 0.00508. The van der Waals surface area contributed by atoms with Gasteiger partial charge in [-0.1, -0.05) is 0 Å². The molecule has 1 aromatic carbocycles. The van der Waals surface area contributed by atoms with Crippen molar-refractivity contribution in [1.29, 1.82) is 0 Å². The number of hydrogen-bond donors (Lipinski definition) is 2. The van der Waals surface area contributed by atoms with Gasteiger partial charge < -0.3 is 15.5 Å². The molecule has 7 heteroatoms. The van der Waals surface area contributed by atoms with Gasteiger partial charge in [0.1, 0.15) is 5.82 Å². The van der Waals surface area contributed by atoms with E-state index in [1.807, 2.05) is 30.0 Å². The van der Waals surface area contributed by atoms with Gasteiger partial charge >= 0.3 is 0 Å². The molecule has 1 aliphatic heterocycles. The zero-order chi connectivity index (χ0) is 17.1. The minimum Gasteiger partial charge on any atom is -0.353 e. The number of anilines is 2. The van der Waals surface area contributed by atoms with Gasteiger partial charge in [-0.15, -0.1) is 0 Å². The Morgan fingerprint density at radius 3 is 2.83 bits per heavy atom. The van der Waals surface area contributed by atoms with Gasteiger partial charge in [-0.25, -0.2) is 4.98 Å². The summed E-state index contributed by atoms with van der Waals surface area (Å²) in [5, 5.41) is 5.62. The predicted octanol–water partition coefficient (Wildman–Crippen LogP) is 2.18. The molecule has 1 saturated heterocycles. The van der Waals surface area contributed by atoms with Crippen LogP contribution >= 0.6 is 22.6 Å². The summed E-state index contributed by atoms with van der Waals surface area (Å²) in [5.74, 6) is 0.559. The average molecular weight is 436 g/mol. The lowest BCUT2D eigenvalue weighted by Gasteiger charge is -2.27. The molecule has 3 rings (SSSR count). The summed E-state index contributed by atoms with van der Waals surface area (Å²) in [5.41, 5.74) is 2.31. The molecule has 2 N–H and O–H groups in total. The lowest BCUT2D eigenvalue weighted by molar-refractivity contribution is -0.120. The van der Waals surface area contributed by atoms with Crippen molar-refractivity contribution in [3.63, 3.8) is 0 Å². The molecule has 6 nitrogen and oxygen atoms in total. The number of benzene rings is 1. The van der Waals surface area contributed by atoms with E-state index >= 15 is 0 Å². The summed E-state index contributed by atoms with van der Waals surface area (Å²) in [4.78, 5) is 30.0. The topological polar surface area (TPSA) is 74.3 Å². The molecule has 2 aromatic rings. The molecule has 0 atom stereocenters. The zero-order valence-corrected chi connectivity index (χ0v) is 15.3. The van der Waals surface area contributed by atoms with Crippen LogP contribution in [0.25, 0.3) is 0 Å². The van der Waals surface area contributed by atoms with Crippen LogP contribution in [0.2, 0.25) is 0 Å². The van der Waals surface area contributed by atoms with Gasteiger partial charge in [-0.2, -0.15) is 0 Å². The molecule has 1 fully saturated rings. The average Bonchev–Trinajstić information content (AvgIpc) is 2.58. The molecule has 2 amide bonds. The summed E-state index contributed by atoms with van der Waals surface area (Å²) in [7, 11) is 0. The standard InChI is InChI=1S/C17H17IN4O2/c1-11-8-12(2-4-14(11)18)17(24)21-13-3-5-15(20-9-13)22-7-6-19-16(23)10-22/h2-5,8-9H,6-7,10H2,1H3,(H,19,23)(H,21,24). The quantitative estimate of drug-likeness (QED) is 0.724. The molecule has 0 unspecified atom stereocenters. The number of pyridine rings is 1. The highest BCUT2D eigenvalue weighted by atomic mass is 127. The number of carbonyl (C=O) groups is 2. The first-order valence-corrected chi connectivity index (χ1v) is 8.66. The Hall–Kier alpha value is -2.16. The Kier molecular flexibility index (Phi) is 4.98. The number of halogens is 1. The first-order chi connectivity index (χ1) is 11.5. The summed E-state index contributed by atoms with van der Waals surface area (Å²) in [6.07, 6.45) is 1.61. The molecule has 1 aliphatic rings. The van der Waals surface area contributed by atoms with E-state index in [2.05, 4.69) is 38.2 Å². The highest BCUT2D eigenvalue weighted by Gasteiger charge is 2.17. The van der Waals surface area contributed by atoms with Crippen LogP contribution in [0, 0.1) is 10.5 Å². The zero-order valence-electron chi connectivity index (χ0n) is 13.2. The van der Waals surface area contributed by atoms with Crippen molar-refractivity contribution in [2.24, 2.45) is 0 Å². The SMILES string of the molecule is Cc1cc(C(=O)Nc2ccc(N3CCNC(=O)C3)nc2)ccc1I. The van der Waals surface area contributed by atoms with Gasteiger partial charge in [-0.05, 0) is 65.4 Å². The Labute approximate surface area is 153 Å². The third kappa shape index (κ3) is 3.84. The van der Waals surface area contributed by atoms with Gasteiger partial charge in [0.05, 0.1) is 18.4 Å². The minimum atomic E-state index is -0.165. The highest BCUT2D eigenvalue weighted by molar-refractivity contribution is 14.1. The van der Waals surface area contributed by atoms with Crippen molar-refractivity contribution in [3.05, 3.63) is 51.2 Å². The van der Waals surface area contributed by atoms with Gasteiger partial charge in [0.15, 0.2) is 0 Å². The van der Waals surface area contributed by atoms with E-state index in [1.165, 1.54) is 0 Å². The maximum atomic E-state index is 12.3. The molecule has 0 spiro atoms. The first kappa shape index (κ1) is 16.7. The van der Waals surface area contributed by atoms with Crippen molar-refractivity contribution < 1.29 is 9.59 Å². The summed E-state index contributed by atoms with van der Waals surface area (Å²) in [6.45, 7) is 3.63. The lowest BCUT2D eigenvalue weighted by Crippen LogP contribution is -2.48. The highest BCUT2D eigenvalue weighted by Crippen LogP contribution is 2.17. The Morgan fingerprint density at radius 1 is 1.33 bits per heavy atom. The monoisotopic (exact) mass is 436 g/mol. The number of hydrogen-bond acceptors (Lipinski definition) is 4. The normalized spacial score (nSPS) is 14.2. The lowest BCUT2D eigenvalue weighted by atomic mass is 10.1. The fraction of sp³-hybridized carbons (Fsp3) is 0.235. The Balaban J connectivity index is 1.68. The number of aryl methyl sites for hydroxylation is 1. The van der Waals surface area contributed by atoms with Gasteiger partial charge in [0.25, 0.3) is 5.91 Å². The molecule has 0 bridgehead atoms. The fourth-order valence-electron chi connectivity index (χ4n) is 2.47. The number of piperazine rings is 1. The molecule has 124 valence electrons. The Bertz CT molecular complexity index is 777. The maximum absolute atomic E-state index is 12.3. The molecule has 2 heterocycles. The van der Waals surface area contributed by atoms with Crippen LogP contribution in [-0.4, -0.2) is 36.4 Å². The molecule has 0 aliphatic carbocycles.